The minimum atomic E-state index is -0.472. The number of hydrogen-bond donors (Lipinski definition) is 1. The van der Waals surface area contributed by atoms with Gasteiger partial charge < -0.3 is 10.2 Å². The zero-order chi connectivity index (χ0) is 27.2. The van der Waals surface area contributed by atoms with E-state index in [1.54, 1.807) is 9.58 Å². The van der Waals surface area contributed by atoms with E-state index in [0.29, 0.717) is 25.1 Å². The lowest BCUT2D eigenvalue weighted by molar-refractivity contribution is -0.139. The smallest absolute Gasteiger partial charge is 0.245 e. The molecule has 1 N–H and O–H groups in total. The summed E-state index contributed by atoms with van der Waals surface area (Å²) >= 11 is 0. The molecule has 2 amide bonds. The molecule has 1 aromatic heterocycles. The van der Waals surface area contributed by atoms with Crippen LogP contribution in [0.5, 0.6) is 0 Å². The molecule has 38 heavy (non-hydrogen) atoms. The molecular weight excluding hydrogens is 480 g/mol. The van der Waals surface area contributed by atoms with Crippen LogP contribution in [0, 0.1) is 11.3 Å². The molecule has 8 nitrogen and oxygen atoms in total. The molecule has 0 radical (unpaired) electrons. The molecular formula is C30H40N4O4. The third-order valence-electron chi connectivity index (χ3n) is 9.08. The molecule has 3 heterocycles. The molecule has 204 valence electrons. The zero-order valence-corrected chi connectivity index (χ0v) is 23.1. The molecule has 1 saturated heterocycles. The van der Waals surface area contributed by atoms with E-state index >= 15 is 0 Å². The van der Waals surface area contributed by atoms with Crippen LogP contribution in [-0.2, 0) is 33.8 Å². The van der Waals surface area contributed by atoms with Gasteiger partial charge in [0, 0.05) is 42.7 Å². The molecule has 3 aliphatic rings. The van der Waals surface area contributed by atoms with Crippen LogP contribution in [0.15, 0.2) is 12.1 Å². The van der Waals surface area contributed by atoms with E-state index in [1.165, 1.54) is 6.92 Å². The van der Waals surface area contributed by atoms with E-state index < -0.39 is 6.04 Å². The van der Waals surface area contributed by atoms with Gasteiger partial charge in [-0.15, -0.1) is 0 Å². The normalized spacial score (nSPS) is 28.1. The highest BCUT2D eigenvalue weighted by Gasteiger charge is 2.66. The Labute approximate surface area is 224 Å². The van der Waals surface area contributed by atoms with E-state index in [9.17, 15) is 19.2 Å². The van der Waals surface area contributed by atoms with Crippen molar-refractivity contribution in [2.45, 2.75) is 104 Å². The number of benzene rings is 1. The molecule has 0 spiro atoms. The fourth-order valence-electron chi connectivity index (χ4n) is 6.71. The highest BCUT2D eigenvalue weighted by molar-refractivity contribution is 6.06. The van der Waals surface area contributed by atoms with Crippen molar-refractivity contribution in [2.75, 3.05) is 6.54 Å². The van der Waals surface area contributed by atoms with Crippen molar-refractivity contribution >= 4 is 34.3 Å². The SMILES string of the molecule is CCC(=O)[C@@H]1C[C@]23CNC(=O)[C@H](C)CCCCCc4cc(CC)cc5c(C(C)=O)nn(c45)CC(=O)N1[C@@H]2C3. The first-order valence-corrected chi connectivity index (χ1v) is 14.3. The van der Waals surface area contributed by atoms with E-state index in [4.69, 9.17) is 0 Å². The Bertz CT molecular complexity index is 1300. The number of rotatable bonds is 4. The first-order valence-electron chi connectivity index (χ1n) is 14.3. The minimum Gasteiger partial charge on any atom is -0.355 e. The average Bonchev–Trinajstić information content (AvgIpc) is 3.31. The van der Waals surface area contributed by atoms with Crippen molar-refractivity contribution in [1.29, 1.82) is 0 Å². The van der Waals surface area contributed by atoms with Crippen LogP contribution in [-0.4, -0.2) is 56.7 Å². The van der Waals surface area contributed by atoms with Crippen molar-refractivity contribution in [3.63, 3.8) is 0 Å². The zero-order valence-electron chi connectivity index (χ0n) is 23.1. The van der Waals surface area contributed by atoms with Gasteiger partial charge in [-0.1, -0.05) is 39.7 Å². The lowest BCUT2D eigenvalue weighted by atomic mass is 9.95. The van der Waals surface area contributed by atoms with Crippen molar-refractivity contribution in [2.24, 2.45) is 11.3 Å². The number of hydrogen-bond acceptors (Lipinski definition) is 5. The minimum absolute atomic E-state index is 0.00822. The van der Waals surface area contributed by atoms with E-state index in [2.05, 4.69) is 23.4 Å². The Morgan fingerprint density at radius 1 is 1.13 bits per heavy atom. The number of aromatic nitrogens is 2. The monoisotopic (exact) mass is 520 g/mol. The van der Waals surface area contributed by atoms with E-state index in [-0.39, 0.29) is 47.3 Å². The van der Waals surface area contributed by atoms with Crippen molar-refractivity contribution < 1.29 is 19.2 Å². The number of nitrogens with zero attached hydrogens (tertiary/aromatic N) is 3. The summed E-state index contributed by atoms with van der Waals surface area (Å²) in [5, 5.41) is 8.62. The fourth-order valence-corrected chi connectivity index (χ4v) is 6.71. The second-order valence-electron chi connectivity index (χ2n) is 11.7. The van der Waals surface area contributed by atoms with Gasteiger partial charge in [-0.3, -0.25) is 23.9 Å². The van der Waals surface area contributed by atoms with Crippen LogP contribution < -0.4 is 5.32 Å². The Hall–Kier alpha value is -3.03. The molecule has 1 saturated carbocycles. The van der Waals surface area contributed by atoms with Gasteiger partial charge in [-0.2, -0.15) is 5.10 Å². The summed E-state index contributed by atoms with van der Waals surface area (Å²) in [4.78, 5) is 54.1. The van der Waals surface area contributed by atoms with Gasteiger partial charge in [0.1, 0.15) is 12.2 Å². The second-order valence-corrected chi connectivity index (χ2v) is 11.7. The number of amides is 2. The maximum absolute atomic E-state index is 13.9. The third kappa shape index (κ3) is 4.67. The molecule has 0 unspecified atom stereocenters. The molecule has 8 heteroatoms. The number of Topliss-reactive ketones (excluding diaryl/α,β-unsaturated/α-hetero) is 2. The summed E-state index contributed by atoms with van der Waals surface area (Å²) in [5.41, 5.74) is 3.28. The largest absolute Gasteiger partial charge is 0.355 e. The maximum atomic E-state index is 13.9. The molecule has 2 aliphatic heterocycles. The lowest BCUT2D eigenvalue weighted by Gasteiger charge is -2.26. The quantitative estimate of drug-likeness (QED) is 0.614. The van der Waals surface area contributed by atoms with Gasteiger partial charge in [-0.25, -0.2) is 0 Å². The van der Waals surface area contributed by atoms with Crippen LogP contribution in [0.2, 0.25) is 0 Å². The molecule has 2 fully saturated rings. The Kier molecular flexibility index (Phi) is 7.18. The highest BCUT2D eigenvalue weighted by atomic mass is 16.2. The first kappa shape index (κ1) is 26.6. The molecule has 4 atom stereocenters. The van der Waals surface area contributed by atoms with Crippen LogP contribution in [0.4, 0.5) is 0 Å². The molecule has 1 aromatic carbocycles. The van der Waals surface area contributed by atoms with Gasteiger partial charge in [0.2, 0.25) is 11.8 Å². The summed E-state index contributed by atoms with van der Waals surface area (Å²) < 4.78 is 1.71. The summed E-state index contributed by atoms with van der Waals surface area (Å²) in [7, 11) is 0. The summed E-state index contributed by atoms with van der Waals surface area (Å²) in [6, 6.07) is 3.70. The average molecular weight is 521 g/mol. The van der Waals surface area contributed by atoms with Crippen LogP contribution in [0.1, 0.15) is 94.3 Å². The number of nitrogens with one attached hydrogen (secondary N) is 1. The molecule has 5 rings (SSSR count). The van der Waals surface area contributed by atoms with Crippen LogP contribution in [0.3, 0.4) is 0 Å². The fraction of sp³-hybridized carbons (Fsp3) is 0.633. The topological polar surface area (TPSA) is 101 Å². The van der Waals surface area contributed by atoms with Gasteiger partial charge in [0.05, 0.1) is 11.6 Å². The predicted molar refractivity (Wildman–Crippen MR) is 145 cm³/mol. The van der Waals surface area contributed by atoms with Gasteiger partial charge >= 0.3 is 0 Å². The highest BCUT2D eigenvalue weighted by Crippen LogP contribution is 2.59. The molecule has 1 aliphatic carbocycles. The number of ketones is 2. The van der Waals surface area contributed by atoms with Crippen LogP contribution in [0.25, 0.3) is 10.9 Å². The second kappa shape index (κ2) is 10.3. The van der Waals surface area contributed by atoms with Gasteiger partial charge in [0.25, 0.3) is 0 Å². The molecule has 2 bridgehead atoms. The Morgan fingerprint density at radius 2 is 1.92 bits per heavy atom. The molecule has 2 aromatic rings. The number of piperidine rings is 1. The third-order valence-corrected chi connectivity index (χ3v) is 9.08. The predicted octanol–water partition coefficient (Wildman–Crippen LogP) is 4.01. The Balaban J connectivity index is 1.57. The van der Waals surface area contributed by atoms with Crippen molar-refractivity contribution in [1.82, 2.24) is 20.0 Å². The van der Waals surface area contributed by atoms with Gasteiger partial charge in [0.15, 0.2) is 11.6 Å². The van der Waals surface area contributed by atoms with Gasteiger partial charge in [-0.05, 0) is 55.7 Å². The lowest BCUT2D eigenvalue weighted by Crippen LogP contribution is -2.44. The Morgan fingerprint density at radius 3 is 2.63 bits per heavy atom. The number of carbonyl (C=O) groups excluding carboxylic acids is 4. The maximum Gasteiger partial charge on any atom is 0.245 e. The van der Waals surface area contributed by atoms with Crippen molar-refractivity contribution in [3.05, 3.63) is 29.0 Å². The summed E-state index contributed by atoms with van der Waals surface area (Å²) in [5.74, 6) is -0.209. The summed E-state index contributed by atoms with van der Waals surface area (Å²) in [6.07, 6.45) is 7.17. The van der Waals surface area contributed by atoms with E-state index in [1.807, 2.05) is 19.9 Å². The standard InChI is InChI=1S/C30H40N4O4/c1-5-20-12-21-11-9-7-8-10-18(3)29(38)31-17-30-14-23(24(36)6-2)34(25(30)15-30)26(37)16-33-28(21)22(13-20)27(32-33)19(4)35/h12-13,18,23,25H,5-11,14-17H2,1-4H3,(H,31,38)/t18-,23+,25-,30+/m1/s1. The van der Waals surface area contributed by atoms with Crippen LogP contribution >= 0.6 is 0 Å². The van der Waals surface area contributed by atoms with E-state index in [0.717, 1.165) is 67.0 Å². The summed E-state index contributed by atoms with van der Waals surface area (Å²) in [6.45, 7) is 7.93. The number of aryl methyl sites for hydroxylation is 2. The first-order chi connectivity index (χ1) is 18.2. The number of carbonyl (C=O) groups is 4. The van der Waals surface area contributed by atoms with Crippen molar-refractivity contribution in [3.8, 4) is 0 Å².